The second-order valence-electron chi connectivity index (χ2n) is 5.27. The third kappa shape index (κ3) is 3.33. The Morgan fingerprint density at radius 2 is 2.32 bits per heavy atom. The molecule has 1 heterocycles. The van der Waals surface area contributed by atoms with Crippen molar-refractivity contribution < 1.29 is 4.79 Å². The molecule has 1 amide bonds. The summed E-state index contributed by atoms with van der Waals surface area (Å²) in [6, 6.07) is 7.29. The number of carbonyl (C=O) groups excluding carboxylic acids is 1. The van der Waals surface area contributed by atoms with Crippen molar-refractivity contribution >= 4 is 11.6 Å². The van der Waals surface area contributed by atoms with Gasteiger partial charge in [-0.3, -0.25) is 4.79 Å². The summed E-state index contributed by atoms with van der Waals surface area (Å²) in [6.45, 7) is 4.98. The number of rotatable bonds is 2. The molecule has 1 aliphatic rings. The lowest BCUT2D eigenvalue weighted by Crippen LogP contribution is -2.45. The Balaban J connectivity index is 2.08. The van der Waals surface area contributed by atoms with Gasteiger partial charge in [-0.2, -0.15) is 5.26 Å². The minimum Gasteiger partial charge on any atom is -0.324 e. The van der Waals surface area contributed by atoms with Gasteiger partial charge in [0.1, 0.15) is 0 Å². The van der Waals surface area contributed by atoms with E-state index in [2.05, 4.69) is 23.6 Å². The van der Waals surface area contributed by atoms with Crippen LogP contribution in [0.2, 0.25) is 0 Å². The molecule has 100 valence electrons. The summed E-state index contributed by atoms with van der Waals surface area (Å²) < 4.78 is 0. The van der Waals surface area contributed by atoms with Crippen molar-refractivity contribution in [3.8, 4) is 6.07 Å². The number of amides is 1. The molecule has 2 unspecified atom stereocenters. The number of nitrogens with one attached hydrogen (secondary N) is 2. The minimum absolute atomic E-state index is 0.00950. The molecule has 0 saturated carbocycles. The first-order valence-corrected chi connectivity index (χ1v) is 6.65. The summed E-state index contributed by atoms with van der Waals surface area (Å²) in [7, 11) is 0. The molecule has 0 bridgehead atoms. The van der Waals surface area contributed by atoms with E-state index in [0.29, 0.717) is 11.5 Å². The molecule has 1 aromatic carbocycles. The molecule has 2 atom stereocenters. The fourth-order valence-electron chi connectivity index (χ4n) is 2.35. The quantitative estimate of drug-likeness (QED) is 0.853. The Morgan fingerprint density at radius 1 is 1.53 bits per heavy atom. The molecular formula is C15H19N3O. The van der Waals surface area contributed by atoms with Crippen LogP contribution in [0.3, 0.4) is 0 Å². The van der Waals surface area contributed by atoms with Crippen LogP contribution in [-0.4, -0.2) is 18.5 Å². The van der Waals surface area contributed by atoms with E-state index < -0.39 is 0 Å². The molecule has 1 saturated heterocycles. The number of carbonyl (C=O) groups is 1. The van der Waals surface area contributed by atoms with Gasteiger partial charge in [0.2, 0.25) is 5.91 Å². The molecule has 1 aromatic rings. The Labute approximate surface area is 113 Å². The van der Waals surface area contributed by atoms with Crippen molar-refractivity contribution in [2.75, 3.05) is 11.9 Å². The zero-order chi connectivity index (χ0) is 13.8. The molecule has 1 aliphatic heterocycles. The minimum atomic E-state index is -0.131. The normalized spacial score (nSPS) is 22.6. The Kier molecular flexibility index (Phi) is 4.18. The van der Waals surface area contributed by atoms with Crippen molar-refractivity contribution in [3.05, 3.63) is 29.3 Å². The number of nitriles is 1. The van der Waals surface area contributed by atoms with Gasteiger partial charge in [-0.05, 0) is 49.9 Å². The largest absolute Gasteiger partial charge is 0.324 e. The first-order valence-electron chi connectivity index (χ1n) is 6.65. The molecule has 1 fully saturated rings. The van der Waals surface area contributed by atoms with Crippen LogP contribution in [0, 0.1) is 24.2 Å². The topological polar surface area (TPSA) is 64.9 Å². The van der Waals surface area contributed by atoms with Gasteiger partial charge < -0.3 is 10.6 Å². The van der Waals surface area contributed by atoms with Crippen LogP contribution in [-0.2, 0) is 4.79 Å². The monoisotopic (exact) mass is 257 g/mol. The standard InChI is InChI=1S/C15H19N3O/c1-10-5-6-17-14(7-10)15(19)18-13-8-12(9-16)4-3-11(13)2/h3-4,8,10,14,17H,5-7H2,1-2H3,(H,18,19). The number of hydrogen-bond acceptors (Lipinski definition) is 3. The van der Waals surface area contributed by atoms with Crippen LogP contribution in [0.15, 0.2) is 18.2 Å². The van der Waals surface area contributed by atoms with Crippen molar-refractivity contribution in [3.63, 3.8) is 0 Å². The summed E-state index contributed by atoms with van der Waals surface area (Å²) in [5.74, 6) is 0.563. The van der Waals surface area contributed by atoms with Gasteiger partial charge in [-0.1, -0.05) is 13.0 Å². The first-order chi connectivity index (χ1) is 9.10. The molecule has 0 spiro atoms. The lowest BCUT2D eigenvalue weighted by molar-refractivity contribution is -0.119. The van der Waals surface area contributed by atoms with Crippen LogP contribution in [0.1, 0.15) is 30.9 Å². The van der Waals surface area contributed by atoms with Crippen LogP contribution in [0.25, 0.3) is 0 Å². The van der Waals surface area contributed by atoms with Gasteiger partial charge in [0.05, 0.1) is 17.7 Å². The fourth-order valence-corrected chi connectivity index (χ4v) is 2.35. The van der Waals surface area contributed by atoms with Crippen molar-refractivity contribution in [2.24, 2.45) is 5.92 Å². The third-order valence-corrected chi connectivity index (χ3v) is 3.61. The summed E-state index contributed by atoms with van der Waals surface area (Å²) in [5, 5.41) is 15.1. The van der Waals surface area contributed by atoms with Gasteiger partial charge in [0.25, 0.3) is 0 Å². The molecule has 0 radical (unpaired) electrons. The Hall–Kier alpha value is -1.86. The highest BCUT2D eigenvalue weighted by molar-refractivity contribution is 5.95. The van der Waals surface area contributed by atoms with Crippen LogP contribution in [0.4, 0.5) is 5.69 Å². The van der Waals surface area contributed by atoms with Gasteiger partial charge in [-0.15, -0.1) is 0 Å². The molecule has 2 rings (SSSR count). The van der Waals surface area contributed by atoms with E-state index in [0.717, 1.165) is 30.6 Å². The van der Waals surface area contributed by atoms with Crippen molar-refractivity contribution in [1.29, 1.82) is 5.26 Å². The highest BCUT2D eigenvalue weighted by atomic mass is 16.2. The predicted molar refractivity (Wildman–Crippen MR) is 74.7 cm³/mol. The van der Waals surface area contributed by atoms with Crippen LogP contribution >= 0.6 is 0 Å². The SMILES string of the molecule is Cc1ccc(C#N)cc1NC(=O)C1CC(C)CCN1. The molecule has 4 heteroatoms. The summed E-state index contributed by atoms with van der Waals surface area (Å²) in [5.41, 5.74) is 2.26. The van der Waals surface area contributed by atoms with Gasteiger partial charge in [0.15, 0.2) is 0 Å². The molecule has 2 N–H and O–H groups in total. The first kappa shape index (κ1) is 13.6. The fraction of sp³-hybridized carbons (Fsp3) is 0.467. The Morgan fingerprint density at radius 3 is 3.00 bits per heavy atom. The molecule has 19 heavy (non-hydrogen) atoms. The average molecular weight is 257 g/mol. The number of nitrogens with zero attached hydrogens (tertiary/aromatic N) is 1. The molecular weight excluding hydrogens is 238 g/mol. The number of aryl methyl sites for hydroxylation is 1. The average Bonchev–Trinajstić information content (AvgIpc) is 2.41. The van der Waals surface area contributed by atoms with E-state index in [1.165, 1.54) is 0 Å². The Bertz CT molecular complexity index is 519. The van der Waals surface area contributed by atoms with E-state index >= 15 is 0 Å². The lowest BCUT2D eigenvalue weighted by atomic mass is 9.94. The highest BCUT2D eigenvalue weighted by Gasteiger charge is 2.24. The number of anilines is 1. The van der Waals surface area contributed by atoms with E-state index in [9.17, 15) is 4.79 Å². The number of benzene rings is 1. The van der Waals surface area contributed by atoms with Crippen molar-refractivity contribution in [1.82, 2.24) is 5.32 Å². The maximum Gasteiger partial charge on any atom is 0.241 e. The summed E-state index contributed by atoms with van der Waals surface area (Å²) >= 11 is 0. The summed E-state index contributed by atoms with van der Waals surface area (Å²) in [4.78, 5) is 12.2. The second-order valence-corrected chi connectivity index (χ2v) is 5.27. The van der Waals surface area contributed by atoms with Gasteiger partial charge in [-0.25, -0.2) is 0 Å². The number of piperidine rings is 1. The zero-order valence-corrected chi connectivity index (χ0v) is 11.4. The molecule has 4 nitrogen and oxygen atoms in total. The smallest absolute Gasteiger partial charge is 0.241 e. The van der Waals surface area contributed by atoms with E-state index in [4.69, 9.17) is 5.26 Å². The highest BCUT2D eigenvalue weighted by Crippen LogP contribution is 2.19. The van der Waals surface area contributed by atoms with Crippen molar-refractivity contribution in [2.45, 2.75) is 32.7 Å². The van der Waals surface area contributed by atoms with Gasteiger partial charge >= 0.3 is 0 Å². The maximum absolute atomic E-state index is 12.2. The lowest BCUT2D eigenvalue weighted by Gasteiger charge is -2.27. The zero-order valence-electron chi connectivity index (χ0n) is 11.4. The maximum atomic E-state index is 12.2. The second kappa shape index (κ2) is 5.85. The predicted octanol–water partition coefficient (Wildman–Crippen LogP) is 2.19. The third-order valence-electron chi connectivity index (χ3n) is 3.61. The molecule has 0 aromatic heterocycles. The van der Waals surface area contributed by atoms with Gasteiger partial charge in [0, 0.05) is 5.69 Å². The van der Waals surface area contributed by atoms with E-state index in [-0.39, 0.29) is 11.9 Å². The van der Waals surface area contributed by atoms with Crippen LogP contribution in [0.5, 0.6) is 0 Å². The van der Waals surface area contributed by atoms with E-state index in [1.807, 2.05) is 13.0 Å². The summed E-state index contributed by atoms with van der Waals surface area (Å²) in [6.07, 6.45) is 1.98. The number of hydrogen-bond donors (Lipinski definition) is 2. The van der Waals surface area contributed by atoms with Crippen LogP contribution < -0.4 is 10.6 Å². The van der Waals surface area contributed by atoms with E-state index in [1.54, 1.807) is 12.1 Å². The molecule has 0 aliphatic carbocycles.